The summed E-state index contributed by atoms with van der Waals surface area (Å²) in [6.45, 7) is 1.58. The van der Waals surface area contributed by atoms with Crippen molar-refractivity contribution < 1.29 is 14.5 Å². The minimum atomic E-state index is -0.646. The highest BCUT2D eigenvalue weighted by atomic mass is 35.5. The molecule has 0 saturated heterocycles. The summed E-state index contributed by atoms with van der Waals surface area (Å²) in [6, 6.07) is 6.95. The fraction of sp³-hybridized carbons (Fsp3) is 0.125. The average molecular weight is 376 g/mol. The molecule has 0 radical (unpaired) electrons. The Hall–Kier alpha value is -3.33. The average Bonchev–Trinajstić information content (AvgIpc) is 2.60. The quantitative estimate of drug-likeness (QED) is 0.456. The monoisotopic (exact) mass is 375 g/mol. The molecule has 9 nitrogen and oxygen atoms in total. The number of hydrogen-bond acceptors (Lipinski definition) is 6. The summed E-state index contributed by atoms with van der Waals surface area (Å²) in [6.07, 6.45) is 3.06. The van der Waals surface area contributed by atoms with E-state index in [-0.39, 0.29) is 28.6 Å². The lowest BCUT2D eigenvalue weighted by Gasteiger charge is -2.05. The molecule has 2 N–H and O–H groups in total. The maximum Gasteiger partial charge on any atom is 0.287 e. The number of aromatic nitrogens is 1. The van der Waals surface area contributed by atoms with Gasteiger partial charge in [0.25, 0.3) is 11.6 Å². The minimum Gasteiger partial charge on any atom is -0.324 e. The summed E-state index contributed by atoms with van der Waals surface area (Å²) >= 11 is 5.76. The van der Waals surface area contributed by atoms with Crippen LogP contribution in [-0.4, -0.2) is 27.4 Å². The Balaban J connectivity index is 1.93. The van der Waals surface area contributed by atoms with Gasteiger partial charge in [-0.15, -0.1) is 0 Å². The van der Waals surface area contributed by atoms with E-state index in [1.54, 1.807) is 25.3 Å². The number of anilines is 1. The van der Waals surface area contributed by atoms with Crippen molar-refractivity contribution in [3.05, 3.63) is 63.4 Å². The summed E-state index contributed by atoms with van der Waals surface area (Å²) in [4.78, 5) is 37.8. The highest BCUT2D eigenvalue weighted by molar-refractivity contribution is 6.33. The van der Waals surface area contributed by atoms with Crippen molar-refractivity contribution in [3.63, 3.8) is 0 Å². The number of carbonyl (C=O) groups excluding carboxylic acids is 2. The first-order valence-electron chi connectivity index (χ1n) is 7.34. The summed E-state index contributed by atoms with van der Waals surface area (Å²) in [5, 5.41) is 17.0. The van der Waals surface area contributed by atoms with E-state index in [4.69, 9.17) is 11.6 Å². The molecule has 0 atom stereocenters. The van der Waals surface area contributed by atoms with Crippen LogP contribution < -0.4 is 10.7 Å². The normalized spacial score (nSPS) is 10.9. The molecule has 1 aromatic heterocycles. The third-order valence-corrected chi connectivity index (χ3v) is 3.42. The first-order valence-corrected chi connectivity index (χ1v) is 7.72. The van der Waals surface area contributed by atoms with E-state index in [1.807, 2.05) is 0 Å². The van der Waals surface area contributed by atoms with Gasteiger partial charge >= 0.3 is 0 Å². The second-order valence-corrected chi connectivity index (χ2v) is 5.59. The maximum atomic E-state index is 12.0. The number of nitro groups is 1. The number of benzene rings is 1. The van der Waals surface area contributed by atoms with Gasteiger partial charge in [-0.2, -0.15) is 5.10 Å². The number of rotatable bonds is 6. The SMILES string of the molecule is CC(CC(=O)Nc1cccnc1)=NNC(=O)c1ccc([N+](=O)[O-])c(Cl)c1. The first kappa shape index (κ1) is 19.0. The standard InChI is InChI=1S/C16H14ClN5O4/c1-10(7-15(23)19-12-3-2-6-18-9-12)20-21-16(24)11-4-5-14(22(25)26)13(17)8-11/h2-6,8-9H,7H2,1H3,(H,19,23)(H,21,24). The predicted molar refractivity (Wildman–Crippen MR) is 96.2 cm³/mol. The van der Waals surface area contributed by atoms with Gasteiger partial charge in [0, 0.05) is 23.5 Å². The number of nitrogens with one attached hydrogen (secondary N) is 2. The fourth-order valence-electron chi connectivity index (χ4n) is 1.92. The van der Waals surface area contributed by atoms with Crippen LogP contribution in [0.25, 0.3) is 0 Å². The van der Waals surface area contributed by atoms with Crippen LogP contribution >= 0.6 is 11.6 Å². The number of amides is 2. The van der Waals surface area contributed by atoms with Crippen LogP contribution in [0.4, 0.5) is 11.4 Å². The predicted octanol–water partition coefficient (Wildman–Crippen LogP) is 2.78. The van der Waals surface area contributed by atoms with Crippen molar-refractivity contribution in [3.8, 4) is 0 Å². The zero-order chi connectivity index (χ0) is 19.1. The smallest absolute Gasteiger partial charge is 0.287 e. The summed E-state index contributed by atoms with van der Waals surface area (Å²) in [5.41, 5.74) is 3.00. The van der Waals surface area contributed by atoms with E-state index < -0.39 is 10.8 Å². The van der Waals surface area contributed by atoms with Crippen LogP contribution in [0.15, 0.2) is 47.8 Å². The number of hydrogen-bond donors (Lipinski definition) is 2. The molecule has 0 bridgehead atoms. The topological polar surface area (TPSA) is 127 Å². The van der Waals surface area contributed by atoms with Gasteiger partial charge in [-0.25, -0.2) is 5.43 Å². The van der Waals surface area contributed by atoms with E-state index in [2.05, 4.69) is 20.8 Å². The molecule has 0 spiro atoms. The van der Waals surface area contributed by atoms with Gasteiger partial charge in [-0.3, -0.25) is 24.7 Å². The van der Waals surface area contributed by atoms with Gasteiger partial charge in [0.1, 0.15) is 5.02 Å². The van der Waals surface area contributed by atoms with Crippen molar-refractivity contribution in [1.29, 1.82) is 0 Å². The number of carbonyl (C=O) groups is 2. The van der Waals surface area contributed by atoms with Gasteiger partial charge in [-0.05, 0) is 31.2 Å². The zero-order valence-corrected chi connectivity index (χ0v) is 14.4. The van der Waals surface area contributed by atoms with Crippen molar-refractivity contribution >= 4 is 40.5 Å². The van der Waals surface area contributed by atoms with Crippen molar-refractivity contribution in [2.24, 2.45) is 5.10 Å². The number of halogens is 1. The van der Waals surface area contributed by atoms with Crippen LogP contribution in [0.3, 0.4) is 0 Å². The molecule has 2 amide bonds. The van der Waals surface area contributed by atoms with Crippen molar-refractivity contribution in [2.75, 3.05) is 5.32 Å². The van der Waals surface area contributed by atoms with Crippen LogP contribution in [-0.2, 0) is 4.79 Å². The second-order valence-electron chi connectivity index (χ2n) is 5.18. The highest BCUT2D eigenvalue weighted by Gasteiger charge is 2.15. The molecule has 0 aliphatic rings. The molecule has 0 aliphatic heterocycles. The van der Waals surface area contributed by atoms with Gasteiger partial charge in [0.05, 0.1) is 23.2 Å². The zero-order valence-electron chi connectivity index (χ0n) is 13.6. The van der Waals surface area contributed by atoms with Crippen molar-refractivity contribution in [2.45, 2.75) is 13.3 Å². The molecule has 1 heterocycles. The Labute approximate surface area is 153 Å². The number of nitro benzene ring substituents is 1. The molecule has 134 valence electrons. The second kappa shape index (κ2) is 8.67. The van der Waals surface area contributed by atoms with Gasteiger partial charge in [0.15, 0.2) is 0 Å². The molecule has 1 aromatic carbocycles. The maximum absolute atomic E-state index is 12.0. The third kappa shape index (κ3) is 5.35. The third-order valence-electron chi connectivity index (χ3n) is 3.12. The number of hydrazone groups is 1. The van der Waals surface area contributed by atoms with E-state index in [9.17, 15) is 19.7 Å². The van der Waals surface area contributed by atoms with Crippen LogP contribution in [0.5, 0.6) is 0 Å². The molecule has 2 aromatic rings. The summed E-state index contributed by atoms with van der Waals surface area (Å²) in [5.74, 6) is -0.916. The minimum absolute atomic E-state index is 0.0316. The largest absolute Gasteiger partial charge is 0.324 e. The number of pyridine rings is 1. The van der Waals surface area contributed by atoms with Crippen LogP contribution in [0.1, 0.15) is 23.7 Å². The van der Waals surface area contributed by atoms with Crippen LogP contribution in [0.2, 0.25) is 5.02 Å². The van der Waals surface area contributed by atoms with Crippen molar-refractivity contribution in [1.82, 2.24) is 10.4 Å². The molecule has 26 heavy (non-hydrogen) atoms. The Bertz CT molecular complexity index is 870. The van der Waals surface area contributed by atoms with Gasteiger partial charge in [0.2, 0.25) is 5.91 Å². The van der Waals surface area contributed by atoms with Crippen LogP contribution in [0, 0.1) is 10.1 Å². The Morgan fingerprint density at radius 2 is 2.12 bits per heavy atom. The molecule has 2 rings (SSSR count). The molecule has 10 heteroatoms. The molecule has 0 aliphatic carbocycles. The molecule has 0 unspecified atom stereocenters. The lowest BCUT2D eigenvalue weighted by molar-refractivity contribution is -0.384. The highest BCUT2D eigenvalue weighted by Crippen LogP contribution is 2.24. The Morgan fingerprint density at radius 3 is 2.73 bits per heavy atom. The molecule has 0 saturated carbocycles. The van der Waals surface area contributed by atoms with E-state index >= 15 is 0 Å². The first-order chi connectivity index (χ1) is 12.4. The Morgan fingerprint density at radius 1 is 1.35 bits per heavy atom. The lowest BCUT2D eigenvalue weighted by atomic mass is 10.2. The fourth-order valence-corrected chi connectivity index (χ4v) is 2.17. The van der Waals surface area contributed by atoms with Gasteiger partial charge < -0.3 is 5.32 Å². The molecular weight excluding hydrogens is 362 g/mol. The Kier molecular flexibility index (Phi) is 6.34. The van der Waals surface area contributed by atoms with E-state index in [0.717, 1.165) is 6.07 Å². The molecular formula is C16H14ClN5O4. The molecule has 0 fully saturated rings. The summed E-state index contributed by atoms with van der Waals surface area (Å²) in [7, 11) is 0. The lowest BCUT2D eigenvalue weighted by Crippen LogP contribution is -2.21. The summed E-state index contributed by atoms with van der Waals surface area (Å²) < 4.78 is 0. The van der Waals surface area contributed by atoms with E-state index in [0.29, 0.717) is 11.4 Å². The van der Waals surface area contributed by atoms with Gasteiger partial charge in [-0.1, -0.05) is 11.6 Å². The number of nitrogens with zero attached hydrogens (tertiary/aromatic N) is 3. The van der Waals surface area contributed by atoms with E-state index in [1.165, 1.54) is 18.3 Å².